The Morgan fingerprint density at radius 2 is 1.70 bits per heavy atom. The topological polar surface area (TPSA) is 55.1 Å². The molecule has 4 rings (SSSR count). The number of aromatic nitrogens is 4. The molecule has 2 heterocycles. The SMILES string of the molecule is Cc1nc(C)n2nc(-c3ccc(Br)cc3)nc(NCc3ccc(Cl)cc3)c12. The van der Waals surface area contributed by atoms with Gasteiger partial charge in [0, 0.05) is 21.6 Å². The number of hydrogen-bond acceptors (Lipinski definition) is 4. The number of halogens is 2. The average Bonchev–Trinajstić information content (AvgIpc) is 2.96. The van der Waals surface area contributed by atoms with Gasteiger partial charge in [0.25, 0.3) is 0 Å². The first-order valence-corrected chi connectivity index (χ1v) is 9.66. The molecule has 0 radical (unpaired) electrons. The lowest BCUT2D eigenvalue weighted by Crippen LogP contribution is -2.08. The van der Waals surface area contributed by atoms with Crippen molar-refractivity contribution in [3.8, 4) is 11.4 Å². The number of fused-ring (bicyclic) bond motifs is 1. The molecule has 2 aromatic heterocycles. The van der Waals surface area contributed by atoms with Crippen molar-refractivity contribution in [3.63, 3.8) is 0 Å². The third-order valence-electron chi connectivity index (χ3n) is 4.30. The average molecular weight is 443 g/mol. The van der Waals surface area contributed by atoms with E-state index in [0.29, 0.717) is 12.4 Å². The largest absolute Gasteiger partial charge is 0.364 e. The molecule has 136 valence electrons. The standard InChI is InChI=1S/C20H17BrClN5/c1-12-18-20(23-11-14-3-9-17(22)10-4-14)25-19(26-27(18)13(2)24-12)15-5-7-16(21)8-6-15/h3-10H,11H2,1-2H3,(H,23,25,26). The van der Waals surface area contributed by atoms with Gasteiger partial charge in [-0.1, -0.05) is 51.8 Å². The minimum Gasteiger partial charge on any atom is -0.364 e. The molecule has 0 unspecified atom stereocenters. The van der Waals surface area contributed by atoms with Crippen LogP contribution in [-0.2, 0) is 6.54 Å². The van der Waals surface area contributed by atoms with Crippen molar-refractivity contribution in [2.45, 2.75) is 20.4 Å². The maximum Gasteiger partial charge on any atom is 0.182 e. The van der Waals surface area contributed by atoms with E-state index in [4.69, 9.17) is 21.7 Å². The Bertz CT molecular complexity index is 1100. The smallest absolute Gasteiger partial charge is 0.182 e. The molecule has 0 atom stereocenters. The van der Waals surface area contributed by atoms with Crippen LogP contribution in [0.25, 0.3) is 16.9 Å². The molecule has 2 aromatic carbocycles. The monoisotopic (exact) mass is 441 g/mol. The molecule has 0 saturated carbocycles. The van der Waals surface area contributed by atoms with Gasteiger partial charge in [0.15, 0.2) is 11.6 Å². The summed E-state index contributed by atoms with van der Waals surface area (Å²) in [5.41, 5.74) is 3.85. The maximum atomic E-state index is 5.97. The van der Waals surface area contributed by atoms with Crippen molar-refractivity contribution in [3.05, 3.63) is 75.1 Å². The summed E-state index contributed by atoms with van der Waals surface area (Å²) in [6, 6.07) is 15.7. The van der Waals surface area contributed by atoms with E-state index in [-0.39, 0.29) is 0 Å². The molecule has 4 aromatic rings. The third kappa shape index (κ3) is 3.68. The second kappa shape index (κ2) is 7.29. The second-order valence-electron chi connectivity index (χ2n) is 6.28. The van der Waals surface area contributed by atoms with Gasteiger partial charge in [-0.05, 0) is 43.7 Å². The highest BCUT2D eigenvalue weighted by atomic mass is 79.9. The van der Waals surface area contributed by atoms with Crippen LogP contribution in [0.2, 0.25) is 5.02 Å². The molecule has 5 nitrogen and oxygen atoms in total. The molecule has 0 fully saturated rings. The number of imidazole rings is 1. The van der Waals surface area contributed by atoms with Crippen LogP contribution in [0.1, 0.15) is 17.1 Å². The fourth-order valence-corrected chi connectivity index (χ4v) is 3.35. The first kappa shape index (κ1) is 17.9. The number of nitrogens with one attached hydrogen (secondary N) is 1. The van der Waals surface area contributed by atoms with Crippen LogP contribution in [0, 0.1) is 13.8 Å². The lowest BCUT2D eigenvalue weighted by Gasteiger charge is -2.11. The van der Waals surface area contributed by atoms with E-state index >= 15 is 0 Å². The molecule has 27 heavy (non-hydrogen) atoms. The molecule has 0 bridgehead atoms. The van der Waals surface area contributed by atoms with E-state index in [1.54, 1.807) is 0 Å². The summed E-state index contributed by atoms with van der Waals surface area (Å²) < 4.78 is 2.87. The van der Waals surface area contributed by atoms with Crippen molar-refractivity contribution in [1.82, 2.24) is 19.6 Å². The third-order valence-corrected chi connectivity index (χ3v) is 5.08. The zero-order valence-electron chi connectivity index (χ0n) is 14.9. The zero-order chi connectivity index (χ0) is 19.0. The number of aryl methyl sites for hydroxylation is 2. The fraction of sp³-hybridized carbons (Fsp3) is 0.150. The van der Waals surface area contributed by atoms with Crippen LogP contribution in [0.3, 0.4) is 0 Å². The van der Waals surface area contributed by atoms with Gasteiger partial charge in [-0.25, -0.2) is 14.5 Å². The molecular formula is C20H17BrClN5. The summed E-state index contributed by atoms with van der Waals surface area (Å²) in [7, 11) is 0. The Balaban J connectivity index is 1.77. The maximum absolute atomic E-state index is 5.97. The number of hydrogen-bond donors (Lipinski definition) is 1. The number of nitrogens with zero attached hydrogens (tertiary/aromatic N) is 4. The van der Waals surface area contributed by atoms with Crippen molar-refractivity contribution in [1.29, 1.82) is 0 Å². The first-order chi connectivity index (χ1) is 13.0. The highest BCUT2D eigenvalue weighted by Gasteiger charge is 2.15. The Hall–Kier alpha value is -2.44. The summed E-state index contributed by atoms with van der Waals surface area (Å²) in [5, 5.41) is 8.85. The molecule has 0 saturated heterocycles. The molecule has 0 amide bonds. The Labute approximate surface area is 170 Å². The van der Waals surface area contributed by atoms with Crippen LogP contribution in [0.15, 0.2) is 53.0 Å². The van der Waals surface area contributed by atoms with E-state index in [9.17, 15) is 0 Å². The molecule has 7 heteroatoms. The molecular weight excluding hydrogens is 426 g/mol. The van der Waals surface area contributed by atoms with Crippen LogP contribution >= 0.6 is 27.5 Å². The molecule has 0 aliphatic carbocycles. The second-order valence-corrected chi connectivity index (χ2v) is 7.63. The van der Waals surface area contributed by atoms with Crippen molar-refractivity contribution in [2.75, 3.05) is 5.32 Å². The zero-order valence-corrected chi connectivity index (χ0v) is 17.2. The van der Waals surface area contributed by atoms with Gasteiger partial charge in [-0.15, -0.1) is 5.10 Å². The molecule has 1 N–H and O–H groups in total. The Kier molecular flexibility index (Phi) is 4.85. The fourth-order valence-electron chi connectivity index (χ4n) is 2.96. The van der Waals surface area contributed by atoms with Crippen LogP contribution in [-0.4, -0.2) is 19.6 Å². The van der Waals surface area contributed by atoms with Gasteiger partial charge in [-0.3, -0.25) is 0 Å². The lowest BCUT2D eigenvalue weighted by molar-refractivity contribution is 0.858. The number of rotatable bonds is 4. The molecule has 0 spiro atoms. The van der Waals surface area contributed by atoms with Crippen molar-refractivity contribution < 1.29 is 0 Å². The summed E-state index contributed by atoms with van der Waals surface area (Å²) in [6.45, 7) is 4.55. The number of benzene rings is 2. The Morgan fingerprint density at radius 1 is 1.00 bits per heavy atom. The quantitative estimate of drug-likeness (QED) is 0.457. The normalized spacial score (nSPS) is 11.1. The predicted octanol–water partition coefficient (Wildman–Crippen LogP) is 5.44. The van der Waals surface area contributed by atoms with E-state index < -0.39 is 0 Å². The van der Waals surface area contributed by atoms with Gasteiger partial charge in [0.05, 0.1) is 5.69 Å². The van der Waals surface area contributed by atoms with Gasteiger partial charge >= 0.3 is 0 Å². The van der Waals surface area contributed by atoms with E-state index in [2.05, 4.69) is 26.2 Å². The van der Waals surface area contributed by atoms with E-state index in [0.717, 1.165) is 43.5 Å². The van der Waals surface area contributed by atoms with Gasteiger partial charge in [0.1, 0.15) is 11.3 Å². The molecule has 0 aliphatic rings. The minimum atomic E-state index is 0.632. The van der Waals surface area contributed by atoms with Gasteiger partial charge in [-0.2, -0.15) is 0 Å². The lowest BCUT2D eigenvalue weighted by atomic mass is 10.2. The van der Waals surface area contributed by atoms with Crippen LogP contribution < -0.4 is 5.32 Å². The highest BCUT2D eigenvalue weighted by Crippen LogP contribution is 2.25. The molecule has 0 aliphatic heterocycles. The first-order valence-electron chi connectivity index (χ1n) is 8.49. The highest BCUT2D eigenvalue weighted by molar-refractivity contribution is 9.10. The summed E-state index contributed by atoms with van der Waals surface area (Å²) in [5.74, 6) is 2.24. The van der Waals surface area contributed by atoms with Gasteiger partial charge in [0.2, 0.25) is 0 Å². The van der Waals surface area contributed by atoms with Crippen LogP contribution in [0.4, 0.5) is 5.82 Å². The summed E-state index contributed by atoms with van der Waals surface area (Å²) in [6.07, 6.45) is 0. The predicted molar refractivity (Wildman–Crippen MR) is 112 cm³/mol. The van der Waals surface area contributed by atoms with E-state index in [1.165, 1.54) is 0 Å². The summed E-state index contributed by atoms with van der Waals surface area (Å²) >= 11 is 9.44. The van der Waals surface area contributed by atoms with Crippen LogP contribution in [0.5, 0.6) is 0 Å². The van der Waals surface area contributed by atoms with Crippen molar-refractivity contribution in [2.24, 2.45) is 0 Å². The Morgan fingerprint density at radius 3 is 2.41 bits per heavy atom. The van der Waals surface area contributed by atoms with Gasteiger partial charge < -0.3 is 5.32 Å². The van der Waals surface area contributed by atoms with E-state index in [1.807, 2.05) is 66.9 Å². The number of anilines is 1. The summed E-state index contributed by atoms with van der Waals surface area (Å²) in [4.78, 5) is 9.35. The van der Waals surface area contributed by atoms with Crippen molar-refractivity contribution >= 4 is 38.9 Å². The minimum absolute atomic E-state index is 0.632.